The number of hydrogen-bond donors (Lipinski definition) is 3. The van der Waals surface area contributed by atoms with Crippen LogP contribution in [0, 0.1) is 0 Å². The summed E-state index contributed by atoms with van der Waals surface area (Å²) in [5.74, 6) is -1.12. The van der Waals surface area contributed by atoms with Crippen molar-refractivity contribution in [3.05, 3.63) is 12.1 Å². The van der Waals surface area contributed by atoms with Crippen molar-refractivity contribution in [3.63, 3.8) is 0 Å². The van der Waals surface area contributed by atoms with Gasteiger partial charge in [-0.25, -0.2) is 0 Å². The van der Waals surface area contributed by atoms with Gasteiger partial charge in [0.1, 0.15) is 13.2 Å². The van der Waals surface area contributed by atoms with E-state index in [-0.39, 0.29) is 17.6 Å². The number of nitrogens with zero attached hydrogens (tertiary/aromatic N) is 2. The van der Waals surface area contributed by atoms with Gasteiger partial charge < -0.3 is 24.9 Å². The lowest BCUT2D eigenvalue weighted by Crippen LogP contribution is -2.34. The lowest BCUT2D eigenvalue weighted by molar-refractivity contribution is -0.137. The van der Waals surface area contributed by atoms with Gasteiger partial charge in [0.15, 0.2) is 17.2 Å². The van der Waals surface area contributed by atoms with Gasteiger partial charge in [0.2, 0.25) is 5.88 Å². The van der Waals surface area contributed by atoms with Crippen molar-refractivity contribution < 1.29 is 24.2 Å². The maximum Gasteiger partial charge on any atom is 0.353 e. The number of carbonyl (C=O) groups excluding carboxylic acids is 2. The number of amides is 2. The molecule has 3 N–H and O–H groups in total. The summed E-state index contributed by atoms with van der Waals surface area (Å²) >= 11 is 0. The Hall–Kier alpha value is -3.10. The molecule has 0 radical (unpaired) electrons. The number of fused-ring (bicyclic) bond motifs is 2. The molecule has 1 aromatic carbocycles. The number of azo groups is 1. The van der Waals surface area contributed by atoms with Crippen LogP contribution in [-0.2, 0) is 9.59 Å². The van der Waals surface area contributed by atoms with E-state index >= 15 is 0 Å². The molecule has 0 aliphatic carbocycles. The first-order chi connectivity index (χ1) is 11.5. The normalized spacial score (nSPS) is 13.6. The Morgan fingerprint density at radius 2 is 1.92 bits per heavy atom. The minimum atomic E-state index is -1.05. The number of aromatic amines is 1. The highest BCUT2D eigenvalue weighted by Crippen LogP contribution is 2.42. The molecule has 126 valence electrons. The molecule has 0 saturated heterocycles. The quantitative estimate of drug-likeness (QED) is 0.571. The highest BCUT2D eigenvalue weighted by atomic mass is 16.6. The molecular weight excluding hydrogens is 316 g/mol. The molecule has 9 nitrogen and oxygen atoms in total. The molecule has 0 atom stereocenters. The summed E-state index contributed by atoms with van der Waals surface area (Å²) in [7, 11) is 0. The number of hydrogen-bond acceptors (Lipinski definition) is 6. The van der Waals surface area contributed by atoms with E-state index in [1.807, 2.05) is 0 Å². The molecular formula is C15H16N4O5. The third-order valence-corrected chi connectivity index (χ3v) is 3.27. The van der Waals surface area contributed by atoms with E-state index in [4.69, 9.17) is 9.47 Å². The fourth-order valence-electron chi connectivity index (χ4n) is 2.27. The first-order valence-electron chi connectivity index (χ1n) is 7.36. The molecule has 1 aliphatic rings. The van der Waals surface area contributed by atoms with E-state index in [2.05, 4.69) is 20.5 Å². The highest BCUT2D eigenvalue weighted by Gasteiger charge is 2.19. The summed E-state index contributed by atoms with van der Waals surface area (Å²) in [5, 5.41) is 20.0. The average molecular weight is 332 g/mol. The van der Waals surface area contributed by atoms with Crippen molar-refractivity contribution in [2.45, 2.75) is 19.9 Å². The second-order valence-electron chi connectivity index (χ2n) is 5.50. The first-order valence-corrected chi connectivity index (χ1v) is 7.36. The molecule has 2 heterocycles. The van der Waals surface area contributed by atoms with Crippen LogP contribution in [0.2, 0.25) is 0 Å². The minimum Gasteiger partial charge on any atom is -0.493 e. The Balaban J connectivity index is 1.91. The second kappa shape index (κ2) is 6.19. The molecule has 0 spiro atoms. The highest BCUT2D eigenvalue weighted by molar-refractivity contribution is 6.35. The van der Waals surface area contributed by atoms with E-state index in [1.54, 1.807) is 26.0 Å². The molecule has 0 fully saturated rings. The van der Waals surface area contributed by atoms with Crippen LogP contribution in [0.1, 0.15) is 13.8 Å². The minimum absolute atomic E-state index is 0.0488. The molecule has 0 unspecified atom stereocenters. The van der Waals surface area contributed by atoms with Gasteiger partial charge in [-0.3, -0.25) is 9.59 Å². The largest absolute Gasteiger partial charge is 0.493 e. The number of ether oxygens (including phenoxy) is 2. The Morgan fingerprint density at radius 1 is 1.25 bits per heavy atom. The Morgan fingerprint density at radius 3 is 2.58 bits per heavy atom. The summed E-state index contributed by atoms with van der Waals surface area (Å²) in [6, 6.07) is 3.10. The predicted molar refractivity (Wildman–Crippen MR) is 83.8 cm³/mol. The van der Waals surface area contributed by atoms with Crippen LogP contribution >= 0.6 is 0 Å². The SMILES string of the molecule is CC(C)NC(=O)C(=O)N=Nc1c(O)[nH]c2cc3c(cc12)OCCO3. The summed E-state index contributed by atoms with van der Waals surface area (Å²) in [6.07, 6.45) is 0. The van der Waals surface area contributed by atoms with Crippen LogP contribution in [0.15, 0.2) is 22.4 Å². The third kappa shape index (κ3) is 3.00. The summed E-state index contributed by atoms with van der Waals surface area (Å²) in [4.78, 5) is 25.9. The van der Waals surface area contributed by atoms with Gasteiger partial charge >= 0.3 is 11.8 Å². The monoisotopic (exact) mass is 332 g/mol. The third-order valence-electron chi connectivity index (χ3n) is 3.27. The van der Waals surface area contributed by atoms with E-state index < -0.39 is 11.8 Å². The smallest absolute Gasteiger partial charge is 0.353 e. The topological polar surface area (TPSA) is 125 Å². The zero-order valence-corrected chi connectivity index (χ0v) is 13.1. The van der Waals surface area contributed by atoms with Gasteiger partial charge in [0.25, 0.3) is 0 Å². The van der Waals surface area contributed by atoms with Gasteiger partial charge in [-0.1, -0.05) is 0 Å². The molecule has 1 aliphatic heterocycles. The van der Waals surface area contributed by atoms with Crippen molar-refractivity contribution in [2.75, 3.05) is 13.2 Å². The zero-order chi connectivity index (χ0) is 17.3. The van der Waals surface area contributed by atoms with Gasteiger partial charge in [0, 0.05) is 17.5 Å². The maximum atomic E-state index is 11.6. The van der Waals surface area contributed by atoms with Crippen LogP contribution in [0.4, 0.5) is 5.69 Å². The van der Waals surface area contributed by atoms with Gasteiger partial charge in [-0.15, -0.1) is 10.2 Å². The predicted octanol–water partition coefficient (Wildman–Crippen LogP) is 1.78. The Bertz CT molecular complexity index is 840. The molecule has 3 rings (SSSR count). The second-order valence-corrected chi connectivity index (χ2v) is 5.50. The standard InChI is InChI=1S/C15H16N4O5/c1-7(2)16-14(21)15(22)19-18-12-8-5-10-11(24-4-3-23-10)6-9(8)17-13(12)20/h5-7,17,20H,3-4H2,1-2H3,(H,16,21). The van der Waals surface area contributed by atoms with Crippen LogP contribution in [0.3, 0.4) is 0 Å². The lowest BCUT2D eigenvalue weighted by atomic mass is 10.2. The lowest BCUT2D eigenvalue weighted by Gasteiger charge is -2.17. The average Bonchev–Trinajstić information content (AvgIpc) is 2.84. The zero-order valence-electron chi connectivity index (χ0n) is 13.1. The number of benzene rings is 1. The summed E-state index contributed by atoms with van der Waals surface area (Å²) < 4.78 is 10.9. The van der Waals surface area contributed by atoms with Crippen molar-refractivity contribution in [1.29, 1.82) is 0 Å². The molecule has 24 heavy (non-hydrogen) atoms. The number of H-pyrrole nitrogens is 1. The fraction of sp³-hybridized carbons (Fsp3) is 0.333. The number of nitrogens with one attached hydrogen (secondary N) is 2. The van der Waals surface area contributed by atoms with Gasteiger partial charge in [-0.05, 0) is 19.9 Å². The van der Waals surface area contributed by atoms with Crippen LogP contribution in [0.25, 0.3) is 10.9 Å². The molecule has 0 saturated carbocycles. The first kappa shape index (κ1) is 15.8. The number of carbonyl (C=O) groups is 2. The van der Waals surface area contributed by atoms with Crippen molar-refractivity contribution in [1.82, 2.24) is 10.3 Å². The van der Waals surface area contributed by atoms with Crippen molar-refractivity contribution in [2.24, 2.45) is 10.2 Å². The molecule has 0 bridgehead atoms. The number of aromatic nitrogens is 1. The molecule has 1 aromatic heterocycles. The maximum absolute atomic E-state index is 11.6. The molecule has 9 heteroatoms. The Kier molecular flexibility index (Phi) is 4.07. The van der Waals surface area contributed by atoms with Crippen molar-refractivity contribution >= 4 is 28.4 Å². The summed E-state index contributed by atoms with van der Waals surface area (Å²) in [5.41, 5.74) is 0.595. The van der Waals surface area contributed by atoms with E-state index in [9.17, 15) is 14.7 Å². The Labute approximate surface area is 136 Å². The number of aromatic hydroxyl groups is 1. The van der Waals surface area contributed by atoms with Gasteiger partial charge in [0.05, 0.1) is 5.52 Å². The molecule has 2 amide bonds. The fourth-order valence-corrected chi connectivity index (χ4v) is 2.27. The van der Waals surface area contributed by atoms with Gasteiger partial charge in [-0.2, -0.15) is 0 Å². The van der Waals surface area contributed by atoms with E-state index in [0.717, 1.165) is 0 Å². The van der Waals surface area contributed by atoms with E-state index in [1.165, 1.54) is 0 Å². The van der Waals surface area contributed by atoms with Crippen LogP contribution in [0.5, 0.6) is 17.4 Å². The van der Waals surface area contributed by atoms with Crippen LogP contribution in [-0.4, -0.2) is 41.2 Å². The summed E-state index contributed by atoms with van der Waals surface area (Å²) in [6.45, 7) is 4.30. The number of rotatable bonds is 2. The van der Waals surface area contributed by atoms with Crippen LogP contribution < -0.4 is 14.8 Å². The molecule has 2 aromatic rings. The van der Waals surface area contributed by atoms with Crippen molar-refractivity contribution in [3.8, 4) is 17.4 Å². The van der Waals surface area contributed by atoms with E-state index in [0.29, 0.717) is 35.6 Å².